The van der Waals surface area contributed by atoms with Gasteiger partial charge in [-0.1, -0.05) is 0 Å². The van der Waals surface area contributed by atoms with Crippen molar-refractivity contribution >= 4 is 33.2 Å². The molecule has 74 valence electrons. The third-order valence-electron chi connectivity index (χ3n) is 1.68. The van der Waals surface area contributed by atoms with Crippen LogP contribution in [0.25, 0.3) is 0 Å². The lowest BCUT2D eigenvalue weighted by Crippen LogP contribution is -2.07. The predicted molar refractivity (Wildman–Crippen MR) is 57.1 cm³/mol. The average molecular weight is 274 g/mol. The fraction of sp³-hybridized carbons (Fsp3) is 0.333. The van der Waals surface area contributed by atoms with E-state index in [9.17, 15) is 4.79 Å². The molecule has 0 radical (unpaired) electrons. The summed E-state index contributed by atoms with van der Waals surface area (Å²) >= 11 is 4.85. The summed E-state index contributed by atoms with van der Waals surface area (Å²) in [7, 11) is 0. The van der Waals surface area contributed by atoms with Gasteiger partial charge >= 0.3 is 5.97 Å². The Kier molecular flexibility index (Phi) is 4.11. The lowest BCUT2D eigenvalue weighted by Gasteiger charge is -2.02. The summed E-state index contributed by atoms with van der Waals surface area (Å²) in [6, 6.07) is 5.80. The molecule has 0 saturated heterocycles. The highest BCUT2D eigenvalue weighted by atomic mass is 79.9. The zero-order chi connectivity index (χ0) is 10.6. The van der Waals surface area contributed by atoms with Crippen LogP contribution in [0.2, 0.25) is 0 Å². The van der Waals surface area contributed by atoms with Crippen molar-refractivity contribution in [3.63, 3.8) is 0 Å². The Morgan fingerprint density at radius 2 is 2.43 bits per heavy atom. The van der Waals surface area contributed by atoms with Crippen LogP contribution >= 0.6 is 27.3 Å². The van der Waals surface area contributed by atoms with E-state index in [1.165, 1.54) is 11.3 Å². The van der Waals surface area contributed by atoms with Crippen molar-refractivity contribution in [3.05, 3.63) is 20.8 Å². The molecule has 0 aliphatic rings. The van der Waals surface area contributed by atoms with E-state index in [4.69, 9.17) is 10.4 Å². The fourth-order valence-electron chi connectivity index (χ4n) is 1.08. The molecule has 0 saturated carbocycles. The smallest absolute Gasteiger partial charge is 0.304 e. The number of nitriles is 1. The molecule has 3 nitrogen and oxygen atoms in total. The van der Waals surface area contributed by atoms with Crippen LogP contribution in [0.15, 0.2) is 15.9 Å². The van der Waals surface area contributed by atoms with Gasteiger partial charge in [0.2, 0.25) is 0 Å². The van der Waals surface area contributed by atoms with E-state index in [2.05, 4.69) is 15.9 Å². The first kappa shape index (κ1) is 11.2. The molecule has 0 aliphatic heterocycles. The summed E-state index contributed by atoms with van der Waals surface area (Å²) in [5, 5.41) is 17.3. The van der Waals surface area contributed by atoms with Crippen LogP contribution in [0.1, 0.15) is 11.3 Å². The van der Waals surface area contributed by atoms with Gasteiger partial charge in [0, 0.05) is 4.88 Å². The van der Waals surface area contributed by atoms with Crippen molar-refractivity contribution in [1.29, 1.82) is 5.26 Å². The van der Waals surface area contributed by atoms with E-state index < -0.39 is 11.9 Å². The van der Waals surface area contributed by atoms with Crippen molar-refractivity contribution in [2.75, 3.05) is 0 Å². The van der Waals surface area contributed by atoms with Gasteiger partial charge in [0.25, 0.3) is 0 Å². The summed E-state index contributed by atoms with van der Waals surface area (Å²) in [4.78, 5) is 11.4. The minimum Gasteiger partial charge on any atom is -0.481 e. The molecule has 0 bridgehead atoms. The van der Waals surface area contributed by atoms with E-state index in [0.29, 0.717) is 6.42 Å². The summed E-state index contributed by atoms with van der Waals surface area (Å²) in [6.45, 7) is 0. The highest BCUT2D eigenvalue weighted by Crippen LogP contribution is 2.24. The van der Waals surface area contributed by atoms with Gasteiger partial charge in [-0.2, -0.15) is 5.26 Å². The van der Waals surface area contributed by atoms with Crippen molar-refractivity contribution in [1.82, 2.24) is 0 Å². The summed E-state index contributed by atoms with van der Waals surface area (Å²) in [5.41, 5.74) is 0. The van der Waals surface area contributed by atoms with E-state index in [1.54, 1.807) is 0 Å². The lowest BCUT2D eigenvalue weighted by molar-refractivity contribution is -0.137. The number of nitrogens with zero attached hydrogens (tertiary/aromatic N) is 1. The maximum absolute atomic E-state index is 10.4. The van der Waals surface area contributed by atoms with E-state index in [1.807, 2.05) is 18.2 Å². The normalized spacial score (nSPS) is 12.0. The molecule has 0 aromatic carbocycles. The Morgan fingerprint density at radius 1 is 1.71 bits per heavy atom. The predicted octanol–water partition coefficient (Wildman–Crippen LogP) is 2.67. The van der Waals surface area contributed by atoms with Gasteiger partial charge in [-0.3, -0.25) is 4.79 Å². The summed E-state index contributed by atoms with van der Waals surface area (Å²) < 4.78 is 1.000. The molecule has 0 fully saturated rings. The van der Waals surface area contributed by atoms with E-state index in [-0.39, 0.29) is 6.42 Å². The molecule has 1 rings (SSSR count). The minimum atomic E-state index is -0.924. The van der Waals surface area contributed by atoms with Crippen LogP contribution < -0.4 is 0 Å². The van der Waals surface area contributed by atoms with Gasteiger partial charge in [-0.15, -0.1) is 11.3 Å². The number of hydrogen-bond donors (Lipinski definition) is 1. The minimum absolute atomic E-state index is 0.0913. The van der Waals surface area contributed by atoms with Crippen molar-refractivity contribution in [2.24, 2.45) is 5.92 Å². The van der Waals surface area contributed by atoms with Gasteiger partial charge in [-0.25, -0.2) is 0 Å². The zero-order valence-corrected chi connectivity index (χ0v) is 9.64. The number of hydrogen-bond acceptors (Lipinski definition) is 3. The third kappa shape index (κ3) is 3.48. The number of halogens is 1. The quantitative estimate of drug-likeness (QED) is 0.918. The molecule has 0 amide bonds. The Labute approximate surface area is 94.1 Å². The molecule has 1 aromatic heterocycles. The standard InChI is InChI=1S/C9H8BrNO2S/c10-8-2-1-7(14-8)3-6(5-11)4-9(12)13/h1-2,6H,3-4H2,(H,12,13). The number of thiophene rings is 1. The second kappa shape index (κ2) is 5.13. The maximum atomic E-state index is 10.4. The Hall–Kier alpha value is -0.860. The monoisotopic (exact) mass is 273 g/mol. The fourth-order valence-corrected chi connectivity index (χ4v) is 2.64. The van der Waals surface area contributed by atoms with E-state index >= 15 is 0 Å². The number of rotatable bonds is 4. The van der Waals surface area contributed by atoms with Gasteiger partial charge < -0.3 is 5.11 Å². The number of carboxylic acid groups (broad SMARTS) is 1. The Balaban J connectivity index is 2.58. The zero-order valence-electron chi connectivity index (χ0n) is 7.24. The summed E-state index contributed by atoms with van der Waals surface area (Å²) in [5.74, 6) is -1.36. The second-order valence-corrected chi connectivity index (χ2v) is 5.38. The second-order valence-electron chi connectivity index (χ2n) is 2.83. The highest BCUT2D eigenvalue weighted by molar-refractivity contribution is 9.11. The van der Waals surface area contributed by atoms with Gasteiger partial charge in [0.1, 0.15) is 0 Å². The van der Waals surface area contributed by atoms with Crippen LogP contribution in [0.4, 0.5) is 0 Å². The van der Waals surface area contributed by atoms with Gasteiger partial charge in [0.05, 0.1) is 22.2 Å². The molecule has 0 aliphatic carbocycles. The highest BCUT2D eigenvalue weighted by Gasteiger charge is 2.13. The largest absolute Gasteiger partial charge is 0.481 e. The molecule has 14 heavy (non-hydrogen) atoms. The molecular formula is C9H8BrNO2S. The van der Waals surface area contributed by atoms with Crippen LogP contribution in [0, 0.1) is 17.2 Å². The lowest BCUT2D eigenvalue weighted by atomic mass is 10.0. The molecular weight excluding hydrogens is 266 g/mol. The first-order valence-corrected chi connectivity index (χ1v) is 5.58. The molecule has 1 heterocycles. The maximum Gasteiger partial charge on any atom is 0.304 e. The number of carbonyl (C=O) groups is 1. The number of aliphatic carboxylic acids is 1. The molecule has 5 heteroatoms. The molecule has 0 spiro atoms. The molecule has 1 aromatic rings. The summed E-state index contributed by atoms with van der Waals surface area (Å²) in [6.07, 6.45) is 0.422. The first-order valence-electron chi connectivity index (χ1n) is 3.97. The molecule has 1 atom stereocenters. The van der Waals surface area contributed by atoms with Crippen LogP contribution in [0.3, 0.4) is 0 Å². The number of carboxylic acids is 1. The average Bonchev–Trinajstić information content (AvgIpc) is 2.49. The molecule has 1 N–H and O–H groups in total. The Morgan fingerprint density at radius 3 is 2.86 bits per heavy atom. The SMILES string of the molecule is N#CC(CC(=O)O)Cc1ccc(Br)s1. The van der Waals surface area contributed by atoms with Crippen molar-refractivity contribution < 1.29 is 9.90 Å². The van der Waals surface area contributed by atoms with Gasteiger partial charge in [-0.05, 0) is 34.5 Å². The van der Waals surface area contributed by atoms with Crippen molar-refractivity contribution in [3.8, 4) is 6.07 Å². The van der Waals surface area contributed by atoms with Crippen LogP contribution in [0.5, 0.6) is 0 Å². The van der Waals surface area contributed by atoms with E-state index in [0.717, 1.165) is 8.66 Å². The van der Waals surface area contributed by atoms with Gasteiger partial charge in [0.15, 0.2) is 0 Å². The topological polar surface area (TPSA) is 61.1 Å². The van der Waals surface area contributed by atoms with Crippen LogP contribution in [-0.2, 0) is 11.2 Å². The van der Waals surface area contributed by atoms with Crippen LogP contribution in [-0.4, -0.2) is 11.1 Å². The van der Waals surface area contributed by atoms with Crippen molar-refractivity contribution in [2.45, 2.75) is 12.8 Å². The Bertz CT molecular complexity index is 369. The molecule has 1 unspecified atom stereocenters. The third-order valence-corrected chi connectivity index (χ3v) is 3.33. The first-order chi connectivity index (χ1) is 6.61.